The highest BCUT2D eigenvalue weighted by Crippen LogP contribution is 2.35. The Kier molecular flexibility index (Phi) is 4.70. The molecular weight excluding hydrogens is 286 g/mol. The molecule has 2 N–H and O–H groups in total. The van der Waals surface area contributed by atoms with Crippen LogP contribution in [0.2, 0.25) is 0 Å². The summed E-state index contributed by atoms with van der Waals surface area (Å²) in [6.07, 6.45) is 3.24. The molecule has 5 nitrogen and oxygen atoms in total. The van der Waals surface area contributed by atoms with Gasteiger partial charge < -0.3 is 5.73 Å². The van der Waals surface area contributed by atoms with Crippen molar-refractivity contribution >= 4 is 10.0 Å². The van der Waals surface area contributed by atoms with Crippen molar-refractivity contribution in [2.45, 2.75) is 45.1 Å². The summed E-state index contributed by atoms with van der Waals surface area (Å²) in [5, 5.41) is 0. The minimum Gasteiger partial charge on any atom is -0.325 e. The second kappa shape index (κ2) is 6.02. The fourth-order valence-electron chi connectivity index (χ4n) is 2.80. The first-order valence-electron chi connectivity index (χ1n) is 7.40. The Morgan fingerprint density at radius 2 is 1.90 bits per heavy atom. The van der Waals surface area contributed by atoms with Crippen LogP contribution in [0.25, 0.3) is 0 Å². The van der Waals surface area contributed by atoms with E-state index in [1.54, 1.807) is 16.4 Å². The van der Waals surface area contributed by atoms with E-state index in [0.29, 0.717) is 31.2 Å². The van der Waals surface area contributed by atoms with Crippen LogP contribution in [0.1, 0.15) is 39.3 Å². The molecule has 1 aliphatic heterocycles. The summed E-state index contributed by atoms with van der Waals surface area (Å²) in [5.41, 5.74) is 6.42. The normalized spacial score (nSPS) is 18.9. The van der Waals surface area contributed by atoms with E-state index in [1.165, 1.54) is 6.20 Å². The summed E-state index contributed by atoms with van der Waals surface area (Å²) in [7, 11) is -3.43. The fourth-order valence-corrected chi connectivity index (χ4v) is 4.21. The molecule has 0 radical (unpaired) electrons. The van der Waals surface area contributed by atoms with Crippen molar-refractivity contribution in [2.24, 2.45) is 17.1 Å². The van der Waals surface area contributed by atoms with E-state index >= 15 is 0 Å². The van der Waals surface area contributed by atoms with E-state index < -0.39 is 10.0 Å². The van der Waals surface area contributed by atoms with Gasteiger partial charge in [0.25, 0.3) is 0 Å². The van der Waals surface area contributed by atoms with Crippen molar-refractivity contribution in [1.82, 2.24) is 9.29 Å². The molecule has 1 aliphatic rings. The largest absolute Gasteiger partial charge is 0.325 e. The standard InChI is InChI=1S/C15H25N3O2S/c1-15(2,3)12-6-8-18(9-7-12)21(19,20)14-5-4-13(10-16)17-11-14/h4-5,11-12H,6-10,16H2,1-3H3. The van der Waals surface area contributed by atoms with Crippen LogP contribution in [-0.4, -0.2) is 30.8 Å². The summed E-state index contributed by atoms with van der Waals surface area (Å²) in [5.74, 6) is 0.571. The quantitative estimate of drug-likeness (QED) is 0.926. The van der Waals surface area contributed by atoms with Crippen molar-refractivity contribution in [1.29, 1.82) is 0 Å². The minimum absolute atomic E-state index is 0.236. The highest BCUT2D eigenvalue weighted by Gasteiger charge is 2.33. The second-order valence-electron chi connectivity index (χ2n) is 6.73. The van der Waals surface area contributed by atoms with Crippen LogP contribution in [0.3, 0.4) is 0 Å². The lowest BCUT2D eigenvalue weighted by Crippen LogP contribution is -2.41. The number of nitrogens with two attached hydrogens (primary N) is 1. The monoisotopic (exact) mass is 311 g/mol. The molecule has 6 heteroatoms. The average Bonchev–Trinajstić information content (AvgIpc) is 2.46. The predicted octanol–water partition coefficient (Wildman–Crippen LogP) is 1.99. The zero-order chi connectivity index (χ0) is 15.7. The molecule has 1 aromatic heterocycles. The smallest absolute Gasteiger partial charge is 0.244 e. The van der Waals surface area contributed by atoms with Crippen molar-refractivity contribution in [3.8, 4) is 0 Å². The molecule has 2 rings (SSSR count). The highest BCUT2D eigenvalue weighted by molar-refractivity contribution is 7.89. The lowest BCUT2D eigenvalue weighted by atomic mass is 9.76. The number of hydrogen-bond donors (Lipinski definition) is 1. The molecule has 0 bridgehead atoms. The Bertz CT molecular complexity index is 568. The van der Waals surface area contributed by atoms with Crippen LogP contribution in [0.4, 0.5) is 0 Å². The van der Waals surface area contributed by atoms with E-state index in [2.05, 4.69) is 25.8 Å². The van der Waals surface area contributed by atoms with Gasteiger partial charge in [-0.3, -0.25) is 4.98 Å². The predicted molar refractivity (Wildman–Crippen MR) is 83.1 cm³/mol. The minimum atomic E-state index is -3.43. The summed E-state index contributed by atoms with van der Waals surface area (Å²) in [6, 6.07) is 3.27. The molecule has 0 atom stereocenters. The van der Waals surface area contributed by atoms with Crippen LogP contribution in [0, 0.1) is 11.3 Å². The van der Waals surface area contributed by atoms with E-state index in [-0.39, 0.29) is 10.3 Å². The molecule has 1 saturated heterocycles. The maximum absolute atomic E-state index is 12.6. The van der Waals surface area contributed by atoms with Crippen molar-refractivity contribution in [3.63, 3.8) is 0 Å². The number of hydrogen-bond acceptors (Lipinski definition) is 4. The number of aromatic nitrogens is 1. The summed E-state index contributed by atoms with van der Waals surface area (Å²) in [6.45, 7) is 8.15. The number of pyridine rings is 1. The van der Waals surface area contributed by atoms with Gasteiger partial charge in [0.15, 0.2) is 0 Å². The van der Waals surface area contributed by atoms with Gasteiger partial charge in [0, 0.05) is 25.8 Å². The van der Waals surface area contributed by atoms with Crippen molar-refractivity contribution in [3.05, 3.63) is 24.0 Å². The van der Waals surface area contributed by atoms with Crippen LogP contribution >= 0.6 is 0 Å². The molecule has 0 aliphatic carbocycles. The zero-order valence-electron chi connectivity index (χ0n) is 13.0. The lowest BCUT2D eigenvalue weighted by molar-refractivity contribution is 0.154. The van der Waals surface area contributed by atoms with Gasteiger partial charge in [-0.1, -0.05) is 20.8 Å². The van der Waals surface area contributed by atoms with Gasteiger partial charge in [-0.15, -0.1) is 0 Å². The zero-order valence-corrected chi connectivity index (χ0v) is 13.9. The van der Waals surface area contributed by atoms with Crippen molar-refractivity contribution in [2.75, 3.05) is 13.1 Å². The van der Waals surface area contributed by atoms with E-state index in [1.807, 2.05) is 0 Å². The fraction of sp³-hybridized carbons (Fsp3) is 0.667. The second-order valence-corrected chi connectivity index (χ2v) is 8.67. The summed E-state index contributed by atoms with van der Waals surface area (Å²) < 4.78 is 26.8. The van der Waals surface area contributed by atoms with Gasteiger partial charge in [0.1, 0.15) is 4.90 Å². The Labute approximate surface area is 127 Å². The molecule has 0 amide bonds. The molecule has 0 unspecified atom stereocenters. The van der Waals surface area contributed by atoms with E-state index in [0.717, 1.165) is 12.8 Å². The Hall–Kier alpha value is -0.980. The molecule has 0 aromatic carbocycles. The molecule has 118 valence electrons. The SMILES string of the molecule is CC(C)(C)C1CCN(S(=O)(=O)c2ccc(CN)nc2)CC1. The molecule has 1 fully saturated rings. The Morgan fingerprint density at radius 1 is 1.29 bits per heavy atom. The van der Waals surface area contributed by atoms with Gasteiger partial charge >= 0.3 is 0 Å². The highest BCUT2D eigenvalue weighted by atomic mass is 32.2. The summed E-state index contributed by atoms with van der Waals surface area (Å²) >= 11 is 0. The van der Waals surface area contributed by atoms with Gasteiger partial charge in [0.2, 0.25) is 10.0 Å². The first-order chi connectivity index (χ1) is 9.75. The van der Waals surface area contributed by atoms with Gasteiger partial charge in [0.05, 0.1) is 5.69 Å². The van der Waals surface area contributed by atoms with Gasteiger partial charge in [-0.25, -0.2) is 8.42 Å². The van der Waals surface area contributed by atoms with Gasteiger partial charge in [-0.05, 0) is 36.3 Å². The third-order valence-corrected chi connectivity index (χ3v) is 6.21. The average molecular weight is 311 g/mol. The Morgan fingerprint density at radius 3 is 2.33 bits per heavy atom. The lowest BCUT2D eigenvalue weighted by Gasteiger charge is -2.38. The van der Waals surface area contributed by atoms with Crippen LogP contribution in [0.5, 0.6) is 0 Å². The number of rotatable bonds is 3. The number of nitrogens with zero attached hydrogens (tertiary/aromatic N) is 2. The third-order valence-electron chi connectivity index (χ3n) is 4.32. The van der Waals surface area contributed by atoms with Crippen LogP contribution in [0.15, 0.2) is 23.2 Å². The Balaban J connectivity index is 2.11. The summed E-state index contributed by atoms with van der Waals surface area (Å²) in [4.78, 5) is 4.34. The number of piperidine rings is 1. The molecule has 0 saturated carbocycles. The molecule has 2 heterocycles. The molecule has 21 heavy (non-hydrogen) atoms. The third kappa shape index (κ3) is 3.62. The van der Waals surface area contributed by atoms with Crippen LogP contribution in [-0.2, 0) is 16.6 Å². The van der Waals surface area contributed by atoms with Crippen LogP contribution < -0.4 is 5.73 Å². The van der Waals surface area contributed by atoms with Gasteiger partial charge in [-0.2, -0.15) is 4.31 Å². The topological polar surface area (TPSA) is 76.3 Å². The first-order valence-corrected chi connectivity index (χ1v) is 8.84. The van der Waals surface area contributed by atoms with E-state index in [9.17, 15) is 8.42 Å². The number of sulfonamides is 1. The maximum atomic E-state index is 12.6. The van der Waals surface area contributed by atoms with E-state index in [4.69, 9.17) is 5.73 Å². The molecular formula is C15H25N3O2S. The first kappa shape index (κ1) is 16.4. The maximum Gasteiger partial charge on any atom is 0.244 e. The molecule has 1 aromatic rings. The van der Waals surface area contributed by atoms with Crippen molar-refractivity contribution < 1.29 is 8.42 Å². The molecule has 0 spiro atoms.